The molecule has 0 fully saturated rings. The lowest BCUT2D eigenvalue weighted by molar-refractivity contribution is 0.136. The second-order valence-corrected chi connectivity index (χ2v) is 4.97. The molecule has 1 aromatic rings. The van der Waals surface area contributed by atoms with Gasteiger partial charge in [0.05, 0.1) is 0 Å². The van der Waals surface area contributed by atoms with Crippen molar-refractivity contribution in [2.24, 2.45) is 0 Å². The minimum Gasteiger partial charge on any atom is -0.445 e. The molecule has 0 aliphatic rings. The summed E-state index contributed by atoms with van der Waals surface area (Å²) in [5.41, 5.74) is 0.988. The summed E-state index contributed by atoms with van der Waals surface area (Å²) in [7, 11) is 0. The number of hydrogen-bond donors (Lipinski definition) is 1. The van der Waals surface area contributed by atoms with Crippen LogP contribution in [0.2, 0.25) is 0 Å². The average Bonchev–Trinajstić information content (AvgIpc) is 2.46. The van der Waals surface area contributed by atoms with Crippen molar-refractivity contribution in [2.45, 2.75) is 38.8 Å². The van der Waals surface area contributed by atoms with E-state index in [4.69, 9.17) is 16.3 Å². The van der Waals surface area contributed by atoms with Crippen LogP contribution in [0.5, 0.6) is 0 Å². The summed E-state index contributed by atoms with van der Waals surface area (Å²) in [5, 5.41) is 2.83. The van der Waals surface area contributed by atoms with Crippen LogP contribution in [-0.4, -0.2) is 18.0 Å². The van der Waals surface area contributed by atoms with Gasteiger partial charge in [0.15, 0.2) is 0 Å². The van der Waals surface area contributed by atoms with Gasteiger partial charge in [0.2, 0.25) is 0 Å². The monoisotopic (exact) mass is 295 g/mol. The number of ether oxygens (including phenoxy) is 1. The molecule has 20 heavy (non-hydrogen) atoms. The van der Waals surface area contributed by atoms with E-state index in [-0.39, 0.29) is 12.1 Å². The zero-order chi connectivity index (χ0) is 14.6. The van der Waals surface area contributed by atoms with Crippen LogP contribution in [0.15, 0.2) is 42.5 Å². The number of nitrogens with one attached hydrogen (secondary N) is 1. The highest BCUT2D eigenvalue weighted by molar-refractivity contribution is 6.18. The number of carbonyl (C=O) groups is 1. The van der Waals surface area contributed by atoms with Crippen LogP contribution in [0.4, 0.5) is 4.79 Å². The van der Waals surface area contributed by atoms with Gasteiger partial charge in [-0.25, -0.2) is 4.79 Å². The predicted molar refractivity (Wildman–Crippen MR) is 82.9 cm³/mol. The summed E-state index contributed by atoms with van der Waals surface area (Å²) in [6.45, 7) is 2.28. The van der Waals surface area contributed by atoms with E-state index in [9.17, 15) is 4.79 Å². The predicted octanol–water partition coefficient (Wildman–Crippen LogP) is 4.27. The lowest BCUT2D eigenvalue weighted by Gasteiger charge is -2.13. The molecular weight excluding hydrogens is 274 g/mol. The number of allylic oxidation sites excluding steroid dienone is 2. The third-order valence-corrected chi connectivity index (χ3v) is 3.02. The van der Waals surface area contributed by atoms with Gasteiger partial charge in [-0.05, 0) is 31.7 Å². The molecule has 1 atom stereocenters. The molecule has 0 spiro atoms. The molecule has 0 heterocycles. The molecule has 1 amide bonds. The molecule has 0 bridgehead atoms. The lowest BCUT2D eigenvalue weighted by atomic mass is 10.1. The van der Waals surface area contributed by atoms with E-state index in [0.29, 0.717) is 12.5 Å². The lowest BCUT2D eigenvalue weighted by Crippen LogP contribution is -2.32. The van der Waals surface area contributed by atoms with Gasteiger partial charge in [0.1, 0.15) is 6.61 Å². The maximum Gasteiger partial charge on any atom is 0.407 e. The smallest absolute Gasteiger partial charge is 0.407 e. The summed E-state index contributed by atoms with van der Waals surface area (Å²) in [4.78, 5) is 11.6. The van der Waals surface area contributed by atoms with E-state index in [0.717, 1.165) is 24.8 Å². The molecule has 0 saturated heterocycles. The van der Waals surface area contributed by atoms with Gasteiger partial charge in [-0.15, -0.1) is 11.6 Å². The molecule has 0 saturated carbocycles. The number of rotatable bonds is 8. The Hall–Kier alpha value is -1.48. The Morgan fingerprint density at radius 1 is 1.35 bits per heavy atom. The average molecular weight is 296 g/mol. The number of halogens is 1. The summed E-state index contributed by atoms with van der Waals surface area (Å²) < 4.78 is 5.16. The quantitative estimate of drug-likeness (QED) is 0.442. The van der Waals surface area contributed by atoms with E-state index in [2.05, 4.69) is 11.4 Å². The Morgan fingerprint density at radius 2 is 2.10 bits per heavy atom. The molecule has 110 valence electrons. The first kappa shape index (κ1) is 16.6. The molecule has 4 heteroatoms. The second-order valence-electron chi connectivity index (χ2n) is 4.66. The van der Waals surface area contributed by atoms with Crippen LogP contribution in [0, 0.1) is 0 Å². The molecule has 1 aromatic carbocycles. The fourth-order valence-electron chi connectivity index (χ4n) is 1.76. The first-order valence-electron chi connectivity index (χ1n) is 6.90. The topological polar surface area (TPSA) is 38.3 Å². The summed E-state index contributed by atoms with van der Waals surface area (Å²) in [6.07, 6.45) is 6.57. The molecule has 1 N–H and O–H groups in total. The van der Waals surface area contributed by atoms with E-state index < -0.39 is 0 Å². The van der Waals surface area contributed by atoms with E-state index >= 15 is 0 Å². The summed E-state index contributed by atoms with van der Waals surface area (Å²) >= 11 is 5.54. The molecule has 3 nitrogen and oxygen atoms in total. The van der Waals surface area contributed by atoms with Crippen LogP contribution < -0.4 is 5.32 Å². The van der Waals surface area contributed by atoms with Gasteiger partial charge in [-0.3, -0.25) is 0 Å². The van der Waals surface area contributed by atoms with Gasteiger partial charge >= 0.3 is 6.09 Å². The Morgan fingerprint density at radius 3 is 2.80 bits per heavy atom. The maximum atomic E-state index is 11.6. The van der Waals surface area contributed by atoms with Crippen molar-refractivity contribution in [3.05, 3.63) is 48.0 Å². The van der Waals surface area contributed by atoms with E-state index in [1.807, 2.05) is 43.3 Å². The Labute approximate surface area is 126 Å². The van der Waals surface area contributed by atoms with Gasteiger partial charge in [0, 0.05) is 11.9 Å². The molecule has 0 aliphatic heterocycles. The fraction of sp³-hybridized carbons (Fsp3) is 0.438. The normalized spacial score (nSPS) is 12.3. The summed E-state index contributed by atoms with van der Waals surface area (Å²) in [6, 6.07) is 9.76. The van der Waals surface area contributed by atoms with Crippen molar-refractivity contribution in [3.63, 3.8) is 0 Å². The minimum atomic E-state index is -0.363. The SMILES string of the molecule is C[C@@H](CCC/C=C/CCl)NC(=O)OCc1ccccc1. The fourth-order valence-corrected chi connectivity index (χ4v) is 1.89. The highest BCUT2D eigenvalue weighted by atomic mass is 35.5. The Bertz CT molecular complexity index is 406. The second kappa shape index (κ2) is 10.3. The third-order valence-electron chi connectivity index (χ3n) is 2.84. The minimum absolute atomic E-state index is 0.114. The van der Waals surface area contributed by atoms with Crippen molar-refractivity contribution >= 4 is 17.7 Å². The van der Waals surface area contributed by atoms with Gasteiger partial charge in [0.25, 0.3) is 0 Å². The number of hydrogen-bond acceptors (Lipinski definition) is 2. The van der Waals surface area contributed by atoms with Gasteiger partial charge in [-0.2, -0.15) is 0 Å². The largest absolute Gasteiger partial charge is 0.445 e. The Kier molecular flexibility index (Phi) is 8.56. The summed E-state index contributed by atoms with van der Waals surface area (Å²) in [5.74, 6) is 0.555. The van der Waals surface area contributed by atoms with Crippen LogP contribution in [0.1, 0.15) is 31.7 Å². The van der Waals surface area contributed by atoms with E-state index in [1.165, 1.54) is 0 Å². The first-order chi connectivity index (χ1) is 9.72. The molecule has 0 aromatic heterocycles. The number of alkyl carbamates (subject to hydrolysis) is 1. The van der Waals surface area contributed by atoms with Crippen LogP contribution in [0.3, 0.4) is 0 Å². The highest BCUT2D eigenvalue weighted by Crippen LogP contribution is 2.04. The van der Waals surface area contributed by atoms with Crippen LogP contribution in [-0.2, 0) is 11.3 Å². The molecule has 0 radical (unpaired) electrons. The number of benzene rings is 1. The van der Waals surface area contributed by atoms with Crippen LogP contribution in [0.25, 0.3) is 0 Å². The van der Waals surface area contributed by atoms with Crippen LogP contribution >= 0.6 is 11.6 Å². The zero-order valence-electron chi connectivity index (χ0n) is 11.8. The maximum absolute atomic E-state index is 11.6. The number of amides is 1. The Balaban J connectivity index is 2.13. The van der Waals surface area contributed by atoms with Crippen molar-refractivity contribution in [1.82, 2.24) is 5.32 Å². The van der Waals surface area contributed by atoms with Crippen molar-refractivity contribution in [3.8, 4) is 0 Å². The molecular formula is C16H22ClNO2. The van der Waals surface area contributed by atoms with Gasteiger partial charge in [-0.1, -0.05) is 42.5 Å². The van der Waals surface area contributed by atoms with Gasteiger partial charge < -0.3 is 10.1 Å². The van der Waals surface area contributed by atoms with E-state index in [1.54, 1.807) is 0 Å². The zero-order valence-corrected chi connectivity index (χ0v) is 12.6. The number of carbonyl (C=O) groups excluding carboxylic acids is 1. The molecule has 1 rings (SSSR count). The standard InChI is InChI=1S/C16H22ClNO2/c1-14(9-5-2-3-8-12-17)18-16(19)20-13-15-10-6-4-7-11-15/h3-4,6-8,10-11,14H,2,5,9,12-13H2,1H3,(H,18,19)/b8-3+/t14-/m0/s1. The number of alkyl halides is 1. The highest BCUT2D eigenvalue weighted by Gasteiger charge is 2.07. The molecule has 0 unspecified atom stereocenters. The number of unbranched alkanes of at least 4 members (excludes halogenated alkanes) is 1. The first-order valence-corrected chi connectivity index (χ1v) is 7.44. The van der Waals surface area contributed by atoms with Crippen molar-refractivity contribution < 1.29 is 9.53 Å². The third kappa shape index (κ3) is 7.85. The van der Waals surface area contributed by atoms with Crippen molar-refractivity contribution in [2.75, 3.05) is 5.88 Å². The molecule has 0 aliphatic carbocycles. The van der Waals surface area contributed by atoms with Crippen molar-refractivity contribution in [1.29, 1.82) is 0 Å².